The summed E-state index contributed by atoms with van der Waals surface area (Å²) in [5, 5.41) is 3.53. The van der Waals surface area contributed by atoms with E-state index in [0.717, 1.165) is 18.8 Å². The fraction of sp³-hybridized carbons (Fsp3) is 0.786. The van der Waals surface area contributed by atoms with Crippen molar-refractivity contribution >= 4 is 17.5 Å². The Morgan fingerprint density at radius 2 is 1.90 bits per heavy atom. The number of hydrogen-bond acceptors (Lipinski definition) is 5. The zero-order valence-corrected chi connectivity index (χ0v) is 13.0. The number of ether oxygens (including phenoxy) is 1. The van der Waals surface area contributed by atoms with Gasteiger partial charge in [-0.15, -0.1) is 0 Å². The zero-order chi connectivity index (χ0) is 14.4. The molecule has 1 N–H and O–H groups in total. The van der Waals surface area contributed by atoms with Gasteiger partial charge >= 0.3 is 6.01 Å². The van der Waals surface area contributed by atoms with Gasteiger partial charge in [0, 0.05) is 6.04 Å². The minimum atomic E-state index is 0.172. The average molecular weight is 299 g/mol. The Bertz CT molecular complexity index is 422. The van der Waals surface area contributed by atoms with E-state index in [1.54, 1.807) is 0 Å². The van der Waals surface area contributed by atoms with E-state index < -0.39 is 0 Å². The van der Waals surface area contributed by atoms with E-state index in [4.69, 9.17) is 16.3 Å². The third-order valence-corrected chi connectivity index (χ3v) is 3.91. The number of rotatable bonds is 6. The van der Waals surface area contributed by atoms with E-state index in [0.29, 0.717) is 18.6 Å². The molecule has 1 aromatic heterocycles. The third kappa shape index (κ3) is 4.47. The van der Waals surface area contributed by atoms with Gasteiger partial charge in [0.05, 0.1) is 6.61 Å². The van der Waals surface area contributed by atoms with Gasteiger partial charge in [-0.3, -0.25) is 0 Å². The van der Waals surface area contributed by atoms with Crippen molar-refractivity contribution in [1.82, 2.24) is 15.0 Å². The van der Waals surface area contributed by atoms with Gasteiger partial charge in [-0.05, 0) is 50.1 Å². The fourth-order valence-corrected chi connectivity index (χ4v) is 2.93. The van der Waals surface area contributed by atoms with Crippen LogP contribution in [0.1, 0.15) is 52.4 Å². The lowest BCUT2D eigenvalue weighted by Crippen LogP contribution is -2.27. The highest BCUT2D eigenvalue weighted by Crippen LogP contribution is 2.29. The van der Waals surface area contributed by atoms with Crippen molar-refractivity contribution in [3.8, 4) is 6.01 Å². The van der Waals surface area contributed by atoms with Crippen LogP contribution in [0.2, 0.25) is 5.28 Å². The van der Waals surface area contributed by atoms with Crippen LogP contribution in [0.25, 0.3) is 0 Å². The van der Waals surface area contributed by atoms with Crippen LogP contribution < -0.4 is 10.1 Å². The first-order chi connectivity index (χ1) is 9.71. The van der Waals surface area contributed by atoms with E-state index in [9.17, 15) is 0 Å². The van der Waals surface area contributed by atoms with Gasteiger partial charge < -0.3 is 10.1 Å². The van der Waals surface area contributed by atoms with Crippen LogP contribution in [0, 0.1) is 5.92 Å². The molecule has 0 atom stereocenters. The van der Waals surface area contributed by atoms with Crippen LogP contribution in [-0.2, 0) is 0 Å². The van der Waals surface area contributed by atoms with Gasteiger partial charge in [-0.2, -0.15) is 15.0 Å². The van der Waals surface area contributed by atoms with E-state index in [1.165, 1.54) is 25.7 Å². The second-order valence-corrected chi connectivity index (χ2v) is 5.63. The highest BCUT2D eigenvalue weighted by molar-refractivity contribution is 6.28. The molecular weight excluding hydrogens is 276 g/mol. The highest BCUT2D eigenvalue weighted by Gasteiger charge is 2.21. The van der Waals surface area contributed by atoms with Crippen LogP contribution >= 0.6 is 11.6 Å². The van der Waals surface area contributed by atoms with Crippen LogP contribution in [0.3, 0.4) is 0 Å². The van der Waals surface area contributed by atoms with Crippen molar-refractivity contribution in [2.24, 2.45) is 5.92 Å². The molecule has 0 saturated heterocycles. The lowest BCUT2D eigenvalue weighted by Gasteiger charge is -2.28. The predicted molar refractivity (Wildman–Crippen MR) is 80.3 cm³/mol. The summed E-state index contributed by atoms with van der Waals surface area (Å²) >= 11 is 5.89. The third-order valence-electron chi connectivity index (χ3n) is 3.74. The van der Waals surface area contributed by atoms with Crippen molar-refractivity contribution in [3.63, 3.8) is 0 Å². The summed E-state index contributed by atoms with van der Waals surface area (Å²) in [7, 11) is 0. The molecule has 112 valence electrons. The second kappa shape index (κ2) is 7.62. The number of halogens is 1. The Hall–Kier alpha value is -1.10. The van der Waals surface area contributed by atoms with E-state index in [2.05, 4.69) is 27.2 Å². The SMILES string of the molecule is CCCC1CCC(Nc2nc(Cl)nc(OCC)n2)CC1. The standard InChI is InChI=1S/C14H23ClN4O/c1-3-5-10-6-8-11(9-7-10)16-13-17-12(15)18-14(19-13)20-4-2/h10-11H,3-9H2,1-2H3,(H,16,17,18,19). The molecule has 2 rings (SSSR count). The Labute approximate surface area is 125 Å². The van der Waals surface area contributed by atoms with Crippen molar-refractivity contribution in [2.75, 3.05) is 11.9 Å². The maximum absolute atomic E-state index is 5.89. The largest absolute Gasteiger partial charge is 0.464 e. The van der Waals surface area contributed by atoms with E-state index >= 15 is 0 Å². The molecule has 0 bridgehead atoms. The maximum atomic E-state index is 5.89. The molecule has 1 aliphatic carbocycles. The van der Waals surface area contributed by atoms with Gasteiger partial charge in [0.2, 0.25) is 11.2 Å². The van der Waals surface area contributed by atoms with Crippen LogP contribution in [0.4, 0.5) is 5.95 Å². The summed E-state index contributed by atoms with van der Waals surface area (Å²) < 4.78 is 5.28. The lowest BCUT2D eigenvalue weighted by atomic mass is 9.83. The molecule has 0 aliphatic heterocycles. The molecule has 1 saturated carbocycles. The van der Waals surface area contributed by atoms with Crippen LogP contribution in [-0.4, -0.2) is 27.6 Å². The van der Waals surface area contributed by atoms with E-state index in [-0.39, 0.29) is 11.3 Å². The quantitative estimate of drug-likeness (QED) is 0.868. The van der Waals surface area contributed by atoms with Gasteiger partial charge in [-0.1, -0.05) is 19.8 Å². The van der Waals surface area contributed by atoms with Gasteiger partial charge in [0.25, 0.3) is 0 Å². The van der Waals surface area contributed by atoms with Crippen LogP contribution in [0.15, 0.2) is 0 Å². The zero-order valence-electron chi connectivity index (χ0n) is 12.2. The van der Waals surface area contributed by atoms with Crippen molar-refractivity contribution < 1.29 is 4.74 Å². The number of anilines is 1. The monoisotopic (exact) mass is 298 g/mol. The molecule has 1 heterocycles. The Kier molecular flexibility index (Phi) is 5.83. The van der Waals surface area contributed by atoms with Gasteiger partial charge in [0.15, 0.2) is 0 Å². The number of nitrogens with zero attached hydrogens (tertiary/aromatic N) is 3. The number of nitrogens with one attached hydrogen (secondary N) is 1. The summed E-state index contributed by atoms with van der Waals surface area (Å²) in [5.74, 6) is 1.41. The molecule has 6 heteroatoms. The Balaban J connectivity index is 1.90. The summed E-state index contributed by atoms with van der Waals surface area (Å²) in [6, 6.07) is 0.714. The lowest BCUT2D eigenvalue weighted by molar-refractivity contribution is 0.309. The molecule has 1 aromatic rings. The Morgan fingerprint density at radius 3 is 2.55 bits per heavy atom. The summed E-state index contributed by atoms with van der Waals surface area (Å²) in [4.78, 5) is 12.3. The van der Waals surface area contributed by atoms with E-state index in [1.807, 2.05) is 6.92 Å². The molecule has 0 unspecified atom stereocenters. The minimum Gasteiger partial charge on any atom is -0.464 e. The first kappa shape index (κ1) is 15.3. The molecule has 0 radical (unpaired) electrons. The smallest absolute Gasteiger partial charge is 0.322 e. The summed E-state index contributed by atoms with van der Waals surface area (Å²) in [5.41, 5.74) is 0. The maximum Gasteiger partial charge on any atom is 0.322 e. The Morgan fingerprint density at radius 1 is 1.15 bits per heavy atom. The molecule has 1 fully saturated rings. The number of aromatic nitrogens is 3. The number of hydrogen-bond donors (Lipinski definition) is 1. The predicted octanol–water partition coefficient (Wildman–Crippen LogP) is 3.69. The van der Waals surface area contributed by atoms with Crippen molar-refractivity contribution in [2.45, 2.75) is 58.4 Å². The van der Waals surface area contributed by atoms with Gasteiger partial charge in [0.1, 0.15) is 0 Å². The average Bonchev–Trinajstić information content (AvgIpc) is 2.41. The minimum absolute atomic E-state index is 0.172. The molecular formula is C14H23ClN4O. The first-order valence-corrected chi connectivity index (χ1v) is 7.90. The first-order valence-electron chi connectivity index (χ1n) is 7.52. The molecule has 0 aromatic carbocycles. The van der Waals surface area contributed by atoms with Crippen LogP contribution in [0.5, 0.6) is 6.01 Å². The fourth-order valence-electron chi connectivity index (χ4n) is 2.78. The summed E-state index contributed by atoms with van der Waals surface area (Å²) in [6.45, 7) is 4.66. The van der Waals surface area contributed by atoms with Gasteiger partial charge in [-0.25, -0.2) is 0 Å². The highest BCUT2D eigenvalue weighted by atomic mass is 35.5. The summed E-state index contributed by atoms with van der Waals surface area (Å²) in [6.07, 6.45) is 7.52. The van der Waals surface area contributed by atoms with Crippen molar-refractivity contribution in [3.05, 3.63) is 5.28 Å². The molecule has 1 aliphatic rings. The normalized spacial score (nSPS) is 22.6. The molecule has 5 nitrogen and oxygen atoms in total. The molecule has 0 amide bonds. The molecule has 20 heavy (non-hydrogen) atoms. The second-order valence-electron chi connectivity index (χ2n) is 5.29. The topological polar surface area (TPSA) is 59.9 Å². The molecule has 0 spiro atoms. The van der Waals surface area contributed by atoms with Crippen molar-refractivity contribution in [1.29, 1.82) is 0 Å².